The van der Waals surface area contributed by atoms with E-state index in [1.807, 2.05) is 35.6 Å². The van der Waals surface area contributed by atoms with Crippen molar-refractivity contribution in [3.05, 3.63) is 58.3 Å². The number of likely N-dealkylation sites (tertiary alicyclic amines) is 1. The van der Waals surface area contributed by atoms with E-state index in [0.717, 1.165) is 35.2 Å². The highest BCUT2D eigenvalue weighted by atomic mass is 32.1. The van der Waals surface area contributed by atoms with Crippen LogP contribution in [0.25, 0.3) is 10.8 Å². The summed E-state index contributed by atoms with van der Waals surface area (Å²) in [7, 11) is 1.68. The van der Waals surface area contributed by atoms with Gasteiger partial charge in [-0.15, -0.1) is 11.3 Å². The third-order valence-electron chi connectivity index (χ3n) is 5.09. The van der Waals surface area contributed by atoms with E-state index in [4.69, 9.17) is 4.74 Å². The molecule has 0 amide bonds. The molecule has 0 radical (unpaired) electrons. The van der Waals surface area contributed by atoms with Gasteiger partial charge in [-0.2, -0.15) is 0 Å². The van der Waals surface area contributed by atoms with Crippen LogP contribution in [-0.4, -0.2) is 18.8 Å². The van der Waals surface area contributed by atoms with Crippen LogP contribution in [0.4, 0.5) is 0 Å². The summed E-state index contributed by atoms with van der Waals surface area (Å²) in [5.41, 5.74) is 1.03. The Labute approximate surface area is 146 Å². The second kappa shape index (κ2) is 6.46. The molecule has 24 heavy (non-hydrogen) atoms. The number of rotatable bonds is 4. The van der Waals surface area contributed by atoms with Crippen molar-refractivity contribution >= 4 is 22.1 Å². The maximum absolute atomic E-state index is 10.5. The van der Waals surface area contributed by atoms with Crippen LogP contribution >= 0.6 is 11.3 Å². The molecule has 1 fully saturated rings. The van der Waals surface area contributed by atoms with E-state index in [1.165, 1.54) is 17.7 Å². The predicted octanol–water partition coefficient (Wildman–Crippen LogP) is 3.54. The van der Waals surface area contributed by atoms with Gasteiger partial charge in [-0.05, 0) is 40.4 Å². The minimum absolute atomic E-state index is 0.389. The largest absolute Gasteiger partial charge is 0.507 e. The van der Waals surface area contributed by atoms with Gasteiger partial charge < -0.3 is 14.7 Å². The first-order valence-electron chi connectivity index (χ1n) is 8.43. The number of phenolic OH excluding ortho intramolecular Hbond substituents is 1. The molecule has 0 aliphatic carbocycles. The van der Waals surface area contributed by atoms with Gasteiger partial charge in [0, 0.05) is 12.8 Å². The highest BCUT2D eigenvalue weighted by molar-refractivity contribution is 7.10. The third kappa shape index (κ3) is 2.76. The van der Waals surface area contributed by atoms with Crippen LogP contribution in [0.5, 0.6) is 11.5 Å². The molecule has 2 N–H and O–H groups in total. The second-order valence-electron chi connectivity index (χ2n) is 6.45. The molecule has 1 aromatic heterocycles. The van der Waals surface area contributed by atoms with Gasteiger partial charge in [0.1, 0.15) is 24.1 Å². The predicted molar refractivity (Wildman–Crippen MR) is 98.0 cm³/mol. The topological polar surface area (TPSA) is 33.9 Å². The Hall–Kier alpha value is -2.04. The maximum atomic E-state index is 10.5. The van der Waals surface area contributed by atoms with E-state index >= 15 is 0 Å². The van der Waals surface area contributed by atoms with Crippen molar-refractivity contribution in [2.24, 2.45) is 0 Å². The van der Waals surface area contributed by atoms with E-state index < -0.39 is 0 Å². The first-order valence-corrected chi connectivity index (χ1v) is 9.31. The van der Waals surface area contributed by atoms with Crippen molar-refractivity contribution in [1.82, 2.24) is 0 Å². The lowest BCUT2D eigenvalue weighted by molar-refractivity contribution is -0.931. The van der Waals surface area contributed by atoms with E-state index in [9.17, 15) is 5.11 Å². The fourth-order valence-electron chi connectivity index (χ4n) is 3.85. The van der Waals surface area contributed by atoms with Crippen LogP contribution in [0, 0.1) is 0 Å². The summed E-state index contributed by atoms with van der Waals surface area (Å²) in [6.07, 6.45) is 2.47. The summed E-state index contributed by atoms with van der Waals surface area (Å²) >= 11 is 1.85. The number of hydrogen-bond donors (Lipinski definition) is 2. The number of benzene rings is 2. The molecule has 0 bridgehead atoms. The van der Waals surface area contributed by atoms with Crippen molar-refractivity contribution < 1.29 is 14.7 Å². The normalized spacial score (nSPS) is 20.5. The molecule has 0 spiro atoms. The third-order valence-corrected chi connectivity index (χ3v) is 6.08. The van der Waals surface area contributed by atoms with Gasteiger partial charge in [0.2, 0.25) is 0 Å². The van der Waals surface area contributed by atoms with Crippen molar-refractivity contribution in [3.63, 3.8) is 0 Å². The molecule has 1 unspecified atom stereocenters. The number of fused-ring (bicyclic) bond motifs is 1. The molecular formula is C20H22NO2S+. The Morgan fingerprint density at radius 1 is 1.25 bits per heavy atom. The summed E-state index contributed by atoms with van der Waals surface area (Å²) in [5, 5.41) is 14.9. The van der Waals surface area contributed by atoms with Gasteiger partial charge in [-0.3, -0.25) is 0 Å². The summed E-state index contributed by atoms with van der Waals surface area (Å²) < 4.78 is 5.38. The zero-order chi connectivity index (χ0) is 16.5. The minimum atomic E-state index is 0.389. The number of ether oxygens (including phenoxy) is 1. The average molecular weight is 340 g/mol. The first kappa shape index (κ1) is 15.5. The smallest absolute Gasteiger partial charge is 0.125 e. The molecule has 2 aromatic carbocycles. The van der Waals surface area contributed by atoms with Crippen LogP contribution in [-0.2, 0) is 6.54 Å². The highest BCUT2D eigenvalue weighted by Crippen LogP contribution is 2.31. The highest BCUT2D eigenvalue weighted by Gasteiger charge is 2.31. The molecule has 2 heterocycles. The van der Waals surface area contributed by atoms with Gasteiger partial charge in [0.05, 0.1) is 24.1 Å². The molecule has 2 atom stereocenters. The zero-order valence-corrected chi connectivity index (χ0v) is 14.6. The molecule has 1 aliphatic rings. The van der Waals surface area contributed by atoms with Gasteiger partial charge >= 0.3 is 0 Å². The van der Waals surface area contributed by atoms with Gasteiger partial charge in [0.15, 0.2) is 0 Å². The molecule has 0 saturated carbocycles. The fourth-order valence-corrected chi connectivity index (χ4v) is 4.77. The van der Waals surface area contributed by atoms with Crippen LogP contribution in [0.15, 0.2) is 47.8 Å². The number of thiophene rings is 1. The maximum Gasteiger partial charge on any atom is 0.125 e. The van der Waals surface area contributed by atoms with Gasteiger partial charge in [-0.25, -0.2) is 0 Å². The molecule has 1 saturated heterocycles. The van der Waals surface area contributed by atoms with Gasteiger partial charge in [0.25, 0.3) is 0 Å². The van der Waals surface area contributed by atoms with Crippen molar-refractivity contribution in [2.45, 2.75) is 25.4 Å². The number of nitrogens with one attached hydrogen (secondary N) is 1. The van der Waals surface area contributed by atoms with Gasteiger partial charge in [-0.1, -0.05) is 18.2 Å². The zero-order valence-electron chi connectivity index (χ0n) is 13.8. The Morgan fingerprint density at radius 3 is 2.92 bits per heavy atom. The van der Waals surface area contributed by atoms with Crippen molar-refractivity contribution in [2.75, 3.05) is 13.7 Å². The average Bonchev–Trinajstić information content (AvgIpc) is 3.28. The minimum Gasteiger partial charge on any atom is -0.507 e. The first-order chi connectivity index (χ1) is 11.8. The standard InChI is InChI=1S/C20H21NO2S/c1-23-15-8-6-14-7-9-19(22)17(16(14)12-15)13-21-10-2-4-18(21)20-5-3-11-24-20/h3,5-9,11-12,18,22H,2,4,10,13H2,1H3/p+1/t18-/m0/s1. The summed E-state index contributed by atoms with van der Waals surface area (Å²) in [6, 6.07) is 14.8. The lowest BCUT2D eigenvalue weighted by Gasteiger charge is -2.22. The van der Waals surface area contributed by atoms with Crippen LogP contribution < -0.4 is 9.64 Å². The molecular weight excluding hydrogens is 318 g/mol. The lowest BCUT2D eigenvalue weighted by atomic mass is 10.0. The van der Waals surface area contributed by atoms with E-state index in [1.54, 1.807) is 12.0 Å². The summed E-state index contributed by atoms with van der Waals surface area (Å²) in [6.45, 7) is 2.00. The number of phenols is 1. The van der Waals surface area contributed by atoms with E-state index in [2.05, 4.69) is 23.6 Å². The van der Waals surface area contributed by atoms with Crippen LogP contribution in [0.3, 0.4) is 0 Å². The summed E-state index contributed by atoms with van der Waals surface area (Å²) in [4.78, 5) is 3.00. The molecule has 4 rings (SSSR count). The number of hydrogen-bond acceptors (Lipinski definition) is 3. The fraction of sp³-hybridized carbons (Fsp3) is 0.300. The molecule has 4 heteroatoms. The molecule has 3 aromatic rings. The summed E-state index contributed by atoms with van der Waals surface area (Å²) in [5.74, 6) is 1.22. The molecule has 3 nitrogen and oxygen atoms in total. The van der Waals surface area contributed by atoms with Crippen LogP contribution in [0.1, 0.15) is 29.3 Å². The lowest BCUT2D eigenvalue weighted by Crippen LogP contribution is -3.08. The number of quaternary nitrogens is 1. The Kier molecular flexibility index (Phi) is 4.17. The van der Waals surface area contributed by atoms with Crippen molar-refractivity contribution in [1.29, 1.82) is 0 Å². The van der Waals surface area contributed by atoms with E-state index in [-0.39, 0.29) is 0 Å². The Bertz CT molecular complexity index is 844. The Balaban J connectivity index is 1.72. The number of methoxy groups -OCH3 is 1. The molecule has 1 aliphatic heterocycles. The molecule has 124 valence electrons. The van der Waals surface area contributed by atoms with Crippen LogP contribution in [0.2, 0.25) is 0 Å². The second-order valence-corrected chi connectivity index (χ2v) is 7.42. The van der Waals surface area contributed by atoms with Crippen molar-refractivity contribution in [3.8, 4) is 11.5 Å². The SMILES string of the molecule is COc1ccc2ccc(O)c(C[NH+]3CCC[C@H]3c3cccs3)c2c1. The number of aromatic hydroxyl groups is 1. The monoisotopic (exact) mass is 340 g/mol. The van der Waals surface area contributed by atoms with E-state index in [0.29, 0.717) is 11.8 Å². The Morgan fingerprint density at radius 2 is 2.12 bits per heavy atom. The quantitative estimate of drug-likeness (QED) is 0.762.